The summed E-state index contributed by atoms with van der Waals surface area (Å²) in [6.45, 7) is 1.81. The zero-order chi connectivity index (χ0) is 16.7. The van der Waals surface area contributed by atoms with Gasteiger partial charge in [-0.2, -0.15) is 0 Å². The van der Waals surface area contributed by atoms with Crippen molar-refractivity contribution in [1.29, 1.82) is 0 Å². The van der Waals surface area contributed by atoms with Gasteiger partial charge < -0.3 is 15.4 Å². The van der Waals surface area contributed by atoms with Gasteiger partial charge in [0, 0.05) is 23.7 Å². The second-order valence-corrected chi connectivity index (χ2v) is 4.54. The summed E-state index contributed by atoms with van der Waals surface area (Å²) in [5.41, 5.74) is 1.14. The van der Waals surface area contributed by atoms with Gasteiger partial charge in [-0.15, -0.1) is 0 Å². The molecule has 7 heteroatoms. The first-order chi connectivity index (χ1) is 11.1. The Labute approximate surface area is 133 Å². The van der Waals surface area contributed by atoms with Gasteiger partial charge in [0.1, 0.15) is 5.70 Å². The monoisotopic (exact) mass is 312 g/mol. The Morgan fingerprint density at radius 2 is 1.91 bits per heavy atom. The molecule has 0 bridgehead atoms. The summed E-state index contributed by atoms with van der Waals surface area (Å²) in [6, 6.07) is 10.3. The molecule has 2 aromatic rings. The summed E-state index contributed by atoms with van der Waals surface area (Å²) >= 11 is 0. The van der Waals surface area contributed by atoms with Crippen molar-refractivity contribution < 1.29 is 14.3 Å². The number of aromatic nitrogens is 2. The quantitative estimate of drug-likeness (QED) is 0.644. The zero-order valence-electron chi connectivity index (χ0n) is 12.7. The molecule has 0 aliphatic heterocycles. The Balaban J connectivity index is 2.15. The van der Waals surface area contributed by atoms with Gasteiger partial charge in [-0.25, -0.2) is 14.8 Å². The van der Waals surface area contributed by atoms with Crippen molar-refractivity contribution in [2.24, 2.45) is 0 Å². The first kappa shape index (κ1) is 16.2. The lowest BCUT2D eigenvalue weighted by atomic mass is 10.2. The van der Waals surface area contributed by atoms with E-state index in [1.165, 1.54) is 13.3 Å². The molecule has 1 heterocycles. The molecule has 23 heavy (non-hydrogen) atoms. The van der Waals surface area contributed by atoms with E-state index in [1.807, 2.05) is 6.92 Å². The summed E-state index contributed by atoms with van der Waals surface area (Å²) in [7, 11) is 1.23. The highest BCUT2D eigenvalue weighted by Crippen LogP contribution is 2.03. The van der Waals surface area contributed by atoms with Crippen LogP contribution in [0.3, 0.4) is 0 Å². The number of anilines is 1. The van der Waals surface area contributed by atoms with E-state index in [9.17, 15) is 9.59 Å². The number of aryl methyl sites for hydroxylation is 1. The molecule has 0 aliphatic rings. The van der Waals surface area contributed by atoms with Crippen molar-refractivity contribution in [3.8, 4) is 0 Å². The molecule has 0 atom stereocenters. The molecule has 1 amide bonds. The van der Waals surface area contributed by atoms with Gasteiger partial charge in [0.15, 0.2) is 0 Å². The molecule has 2 N–H and O–H groups in total. The highest BCUT2D eigenvalue weighted by molar-refractivity contribution is 6.01. The van der Waals surface area contributed by atoms with Crippen LogP contribution in [0.4, 0.5) is 5.95 Å². The molecule has 7 nitrogen and oxygen atoms in total. The number of nitrogens with zero attached hydrogens (tertiary/aromatic N) is 2. The Hall–Kier alpha value is -3.22. The summed E-state index contributed by atoms with van der Waals surface area (Å²) < 4.78 is 4.66. The zero-order valence-corrected chi connectivity index (χ0v) is 12.7. The van der Waals surface area contributed by atoms with Gasteiger partial charge in [-0.1, -0.05) is 18.2 Å². The number of benzene rings is 1. The molecule has 0 saturated heterocycles. The number of esters is 1. The second-order valence-electron chi connectivity index (χ2n) is 4.54. The van der Waals surface area contributed by atoms with Crippen LogP contribution < -0.4 is 10.6 Å². The average molecular weight is 312 g/mol. The van der Waals surface area contributed by atoms with Crippen LogP contribution in [0.1, 0.15) is 16.1 Å². The first-order valence-corrected chi connectivity index (χ1v) is 6.81. The minimum atomic E-state index is -0.686. The third-order valence-electron chi connectivity index (χ3n) is 2.83. The van der Waals surface area contributed by atoms with E-state index in [0.29, 0.717) is 11.5 Å². The van der Waals surface area contributed by atoms with Crippen LogP contribution in [0.25, 0.3) is 0 Å². The van der Waals surface area contributed by atoms with Gasteiger partial charge in [-0.3, -0.25) is 4.79 Å². The highest BCUT2D eigenvalue weighted by atomic mass is 16.5. The highest BCUT2D eigenvalue weighted by Gasteiger charge is 2.14. The van der Waals surface area contributed by atoms with Crippen molar-refractivity contribution in [3.05, 3.63) is 65.7 Å². The van der Waals surface area contributed by atoms with Crippen LogP contribution >= 0.6 is 0 Å². The number of amides is 1. The number of carbonyl (C=O) groups is 2. The molecule has 0 spiro atoms. The molecule has 1 aromatic carbocycles. The van der Waals surface area contributed by atoms with Crippen molar-refractivity contribution in [3.63, 3.8) is 0 Å². The first-order valence-electron chi connectivity index (χ1n) is 6.81. The molecule has 0 unspecified atom stereocenters. The van der Waals surface area contributed by atoms with Crippen LogP contribution in [0.15, 0.2) is 54.5 Å². The molecular formula is C16H16N4O3. The van der Waals surface area contributed by atoms with Crippen molar-refractivity contribution >= 4 is 17.8 Å². The third-order valence-corrected chi connectivity index (χ3v) is 2.83. The number of rotatable bonds is 5. The van der Waals surface area contributed by atoms with Crippen molar-refractivity contribution in [2.45, 2.75) is 6.92 Å². The van der Waals surface area contributed by atoms with E-state index in [0.717, 1.165) is 5.69 Å². The lowest BCUT2D eigenvalue weighted by Gasteiger charge is -2.08. The Bertz CT molecular complexity index is 729. The van der Waals surface area contributed by atoms with Crippen LogP contribution in [0.5, 0.6) is 0 Å². The predicted molar refractivity (Wildman–Crippen MR) is 84.4 cm³/mol. The molecule has 0 saturated carbocycles. The van der Waals surface area contributed by atoms with Crippen LogP contribution in [-0.2, 0) is 9.53 Å². The van der Waals surface area contributed by atoms with E-state index < -0.39 is 11.9 Å². The smallest absolute Gasteiger partial charge is 0.356 e. The van der Waals surface area contributed by atoms with E-state index in [-0.39, 0.29) is 5.70 Å². The fraction of sp³-hybridized carbons (Fsp3) is 0.125. The van der Waals surface area contributed by atoms with E-state index in [4.69, 9.17) is 0 Å². The van der Waals surface area contributed by atoms with E-state index >= 15 is 0 Å². The predicted octanol–water partition coefficient (Wildman–Crippen LogP) is 1.64. The summed E-state index contributed by atoms with van der Waals surface area (Å²) in [4.78, 5) is 32.0. The van der Waals surface area contributed by atoms with Gasteiger partial charge in [0.05, 0.1) is 7.11 Å². The van der Waals surface area contributed by atoms with Crippen LogP contribution in [-0.4, -0.2) is 29.0 Å². The molecular weight excluding hydrogens is 296 g/mol. The molecule has 0 aliphatic carbocycles. The number of hydrogen-bond acceptors (Lipinski definition) is 6. The number of methoxy groups -OCH3 is 1. The minimum absolute atomic E-state index is 0.0496. The van der Waals surface area contributed by atoms with E-state index in [2.05, 4.69) is 25.3 Å². The largest absolute Gasteiger partial charge is 0.464 e. The Kier molecular flexibility index (Phi) is 5.40. The van der Waals surface area contributed by atoms with Crippen LogP contribution in [0.2, 0.25) is 0 Å². The summed E-state index contributed by atoms with van der Waals surface area (Å²) in [5, 5.41) is 5.26. The molecule has 1 aromatic heterocycles. The minimum Gasteiger partial charge on any atom is -0.464 e. The van der Waals surface area contributed by atoms with Gasteiger partial charge in [0.2, 0.25) is 5.95 Å². The lowest BCUT2D eigenvalue weighted by molar-refractivity contribution is -0.136. The maximum Gasteiger partial charge on any atom is 0.356 e. The van der Waals surface area contributed by atoms with Gasteiger partial charge in [0.25, 0.3) is 5.91 Å². The molecule has 0 fully saturated rings. The lowest BCUT2D eigenvalue weighted by Crippen LogP contribution is -2.28. The fourth-order valence-corrected chi connectivity index (χ4v) is 1.70. The SMILES string of the molecule is COC(=O)/C(=C\Nc1nccc(C)n1)NC(=O)c1ccccc1. The molecule has 118 valence electrons. The molecule has 2 rings (SSSR count). The molecule has 0 radical (unpaired) electrons. The number of nitrogens with one attached hydrogen (secondary N) is 2. The third kappa shape index (κ3) is 4.63. The van der Waals surface area contributed by atoms with Crippen molar-refractivity contribution in [2.75, 3.05) is 12.4 Å². The number of carbonyl (C=O) groups excluding carboxylic acids is 2. The van der Waals surface area contributed by atoms with Gasteiger partial charge in [-0.05, 0) is 25.1 Å². The summed E-state index contributed by atoms with van der Waals surface area (Å²) in [5.74, 6) is -0.802. The van der Waals surface area contributed by atoms with Gasteiger partial charge >= 0.3 is 5.97 Å². The summed E-state index contributed by atoms with van der Waals surface area (Å²) in [6.07, 6.45) is 2.88. The standard InChI is InChI=1S/C16H16N4O3/c1-11-8-9-17-16(19-11)18-10-13(15(22)23-2)20-14(21)12-6-4-3-5-7-12/h3-10H,1-2H3,(H,20,21)(H,17,18,19)/b13-10+. The maximum atomic E-state index is 12.1. The normalized spacial score (nSPS) is 10.8. The topological polar surface area (TPSA) is 93.2 Å². The number of ether oxygens (including phenoxy) is 1. The van der Waals surface area contributed by atoms with Crippen molar-refractivity contribution in [1.82, 2.24) is 15.3 Å². The number of hydrogen-bond donors (Lipinski definition) is 2. The Morgan fingerprint density at radius 1 is 1.17 bits per heavy atom. The fourth-order valence-electron chi connectivity index (χ4n) is 1.70. The average Bonchev–Trinajstić information content (AvgIpc) is 2.58. The van der Waals surface area contributed by atoms with Crippen LogP contribution in [0, 0.1) is 6.92 Å². The van der Waals surface area contributed by atoms with E-state index in [1.54, 1.807) is 42.6 Å². The second kappa shape index (κ2) is 7.69. The maximum absolute atomic E-state index is 12.1. The Morgan fingerprint density at radius 3 is 2.57 bits per heavy atom.